The number of ether oxygens (including phenoxy) is 2. The maximum Gasteiger partial charge on any atom is 0.123 e. The van der Waals surface area contributed by atoms with Crippen molar-refractivity contribution in [3.63, 3.8) is 0 Å². The van der Waals surface area contributed by atoms with E-state index in [4.69, 9.17) is 9.47 Å². The van der Waals surface area contributed by atoms with Crippen LogP contribution in [0.1, 0.15) is 26.3 Å². The topological polar surface area (TPSA) is 30.5 Å². The first-order valence-corrected chi connectivity index (χ1v) is 5.42. The molecule has 1 N–H and O–H groups in total. The van der Waals surface area contributed by atoms with Gasteiger partial charge in [-0.1, -0.05) is 0 Å². The Hall–Kier alpha value is -1.22. The SMILES string of the molecule is COc1ccc(OC)c(CNC(C)(C)C)c1. The first-order valence-electron chi connectivity index (χ1n) is 5.42. The van der Waals surface area contributed by atoms with E-state index in [-0.39, 0.29) is 5.54 Å². The maximum absolute atomic E-state index is 5.31. The first-order chi connectivity index (χ1) is 7.46. The van der Waals surface area contributed by atoms with Gasteiger partial charge in [-0.05, 0) is 39.0 Å². The minimum absolute atomic E-state index is 0.0914. The summed E-state index contributed by atoms with van der Waals surface area (Å²) in [5, 5.41) is 3.43. The van der Waals surface area contributed by atoms with E-state index >= 15 is 0 Å². The van der Waals surface area contributed by atoms with E-state index in [2.05, 4.69) is 26.1 Å². The number of methoxy groups -OCH3 is 2. The first kappa shape index (κ1) is 12.8. The van der Waals surface area contributed by atoms with Crippen LogP contribution in [0.15, 0.2) is 18.2 Å². The largest absolute Gasteiger partial charge is 0.497 e. The van der Waals surface area contributed by atoms with Crippen LogP contribution in [-0.2, 0) is 6.54 Å². The van der Waals surface area contributed by atoms with E-state index in [0.717, 1.165) is 23.6 Å². The molecule has 16 heavy (non-hydrogen) atoms. The molecular weight excluding hydrogens is 202 g/mol. The van der Waals surface area contributed by atoms with Gasteiger partial charge in [-0.2, -0.15) is 0 Å². The van der Waals surface area contributed by atoms with E-state index in [1.54, 1.807) is 14.2 Å². The summed E-state index contributed by atoms with van der Waals surface area (Å²) in [6.45, 7) is 7.18. The normalized spacial score (nSPS) is 11.3. The molecular formula is C13H21NO2. The zero-order chi connectivity index (χ0) is 12.2. The predicted octanol–water partition coefficient (Wildman–Crippen LogP) is 2.59. The molecule has 0 aliphatic rings. The lowest BCUT2D eigenvalue weighted by atomic mass is 10.1. The van der Waals surface area contributed by atoms with Crippen LogP contribution in [-0.4, -0.2) is 19.8 Å². The molecule has 3 nitrogen and oxygen atoms in total. The van der Waals surface area contributed by atoms with Crippen molar-refractivity contribution in [1.82, 2.24) is 5.32 Å². The lowest BCUT2D eigenvalue weighted by Gasteiger charge is -2.21. The Labute approximate surface area is 97.8 Å². The van der Waals surface area contributed by atoms with Crippen LogP contribution in [0.5, 0.6) is 11.5 Å². The van der Waals surface area contributed by atoms with Gasteiger partial charge in [0.2, 0.25) is 0 Å². The van der Waals surface area contributed by atoms with Crippen LogP contribution in [0.25, 0.3) is 0 Å². The van der Waals surface area contributed by atoms with E-state index < -0.39 is 0 Å². The standard InChI is InChI=1S/C13H21NO2/c1-13(2,3)14-9-10-8-11(15-4)6-7-12(10)16-5/h6-8,14H,9H2,1-5H3. The van der Waals surface area contributed by atoms with Crippen molar-refractivity contribution >= 4 is 0 Å². The van der Waals surface area contributed by atoms with Crippen molar-refractivity contribution in [1.29, 1.82) is 0 Å². The third-order valence-electron chi connectivity index (χ3n) is 2.30. The highest BCUT2D eigenvalue weighted by Gasteiger charge is 2.11. The molecule has 1 aromatic carbocycles. The second-order valence-corrected chi connectivity index (χ2v) is 4.78. The number of benzene rings is 1. The molecule has 0 aliphatic carbocycles. The van der Waals surface area contributed by atoms with Crippen molar-refractivity contribution in [2.24, 2.45) is 0 Å². The van der Waals surface area contributed by atoms with Crippen LogP contribution in [0.4, 0.5) is 0 Å². The molecule has 0 amide bonds. The van der Waals surface area contributed by atoms with Crippen LogP contribution in [0.2, 0.25) is 0 Å². The molecule has 0 bridgehead atoms. The third-order valence-corrected chi connectivity index (χ3v) is 2.30. The summed E-state index contributed by atoms with van der Waals surface area (Å²) in [6.07, 6.45) is 0. The van der Waals surface area contributed by atoms with Gasteiger partial charge in [0.15, 0.2) is 0 Å². The van der Waals surface area contributed by atoms with Gasteiger partial charge < -0.3 is 14.8 Å². The number of hydrogen-bond acceptors (Lipinski definition) is 3. The summed E-state index contributed by atoms with van der Waals surface area (Å²) >= 11 is 0. The predicted molar refractivity (Wildman–Crippen MR) is 66.1 cm³/mol. The maximum atomic E-state index is 5.31. The van der Waals surface area contributed by atoms with Gasteiger partial charge in [-0.25, -0.2) is 0 Å². The van der Waals surface area contributed by atoms with Crippen molar-refractivity contribution in [3.05, 3.63) is 23.8 Å². The monoisotopic (exact) mass is 223 g/mol. The second-order valence-electron chi connectivity index (χ2n) is 4.78. The van der Waals surface area contributed by atoms with Crippen molar-refractivity contribution in [3.8, 4) is 11.5 Å². The Balaban J connectivity index is 2.83. The summed E-state index contributed by atoms with van der Waals surface area (Å²) in [5.74, 6) is 1.74. The molecule has 0 aliphatic heterocycles. The molecule has 3 heteroatoms. The molecule has 1 aromatic rings. The van der Waals surface area contributed by atoms with E-state index in [9.17, 15) is 0 Å². The zero-order valence-electron chi connectivity index (χ0n) is 10.8. The third kappa shape index (κ3) is 3.74. The average molecular weight is 223 g/mol. The summed E-state index contributed by atoms with van der Waals surface area (Å²) < 4.78 is 10.5. The summed E-state index contributed by atoms with van der Waals surface area (Å²) in [7, 11) is 3.35. The smallest absolute Gasteiger partial charge is 0.123 e. The Kier molecular flexibility index (Phi) is 4.19. The fourth-order valence-corrected chi connectivity index (χ4v) is 1.38. The molecule has 0 radical (unpaired) electrons. The molecule has 0 unspecified atom stereocenters. The molecule has 0 spiro atoms. The fourth-order valence-electron chi connectivity index (χ4n) is 1.38. The zero-order valence-corrected chi connectivity index (χ0v) is 10.8. The minimum atomic E-state index is 0.0914. The number of nitrogens with one attached hydrogen (secondary N) is 1. The molecule has 0 heterocycles. The van der Waals surface area contributed by atoms with Crippen molar-refractivity contribution in [2.45, 2.75) is 32.9 Å². The highest BCUT2D eigenvalue weighted by atomic mass is 16.5. The summed E-state index contributed by atoms with van der Waals surface area (Å²) in [6, 6.07) is 5.83. The Morgan fingerprint density at radius 3 is 2.31 bits per heavy atom. The Bertz CT molecular complexity index is 342. The van der Waals surface area contributed by atoms with Gasteiger partial charge in [-0.3, -0.25) is 0 Å². The van der Waals surface area contributed by atoms with E-state index in [1.807, 2.05) is 18.2 Å². The van der Waals surface area contributed by atoms with Crippen LogP contribution in [0.3, 0.4) is 0 Å². The molecule has 1 rings (SSSR count). The van der Waals surface area contributed by atoms with E-state index in [1.165, 1.54) is 0 Å². The molecule has 0 aromatic heterocycles. The van der Waals surface area contributed by atoms with Crippen molar-refractivity contribution < 1.29 is 9.47 Å². The molecule has 0 saturated heterocycles. The van der Waals surface area contributed by atoms with Crippen LogP contribution < -0.4 is 14.8 Å². The lowest BCUT2D eigenvalue weighted by Crippen LogP contribution is -2.35. The second kappa shape index (κ2) is 5.21. The van der Waals surface area contributed by atoms with Gasteiger partial charge in [0, 0.05) is 17.6 Å². The van der Waals surface area contributed by atoms with Crippen molar-refractivity contribution in [2.75, 3.05) is 14.2 Å². The molecule has 0 fully saturated rings. The molecule has 90 valence electrons. The van der Waals surface area contributed by atoms with Crippen LogP contribution >= 0.6 is 0 Å². The highest BCUT2D eigenvalue weighted by molar-refractivity contribution is 5.40. The number of rotatable bonds is 4. The quantitative estimate of drug-likeness (QED) is 0.851. The Morgan fingerprint density at radius 2 is 1.81 bits per heavy atom. The number of hydrogen-bond donors (Lipinski definition) is 1. The van der Waals surface area contributed by atoms with Gasteiger partial charge in [-0.15, -0.1) is 0 Å². The minimum Gasteiger partial charge on any atom is -0.497 e. The van der Waals surface area contributed by atoms with Gasteiger partial charge in [0.1, 0.15) is 11.5 Å². The fraction of sp³-hybridized carbons (Fsp3) is 0.538. The van der Waals surface area contributed by atoms with Gasteiger partial charge in [0.05, 0.1) is 14.2 Å². The average Bonchev–Trinajstić information content (AvgIpc) is 2.25. The molecule has 0 saturated carbocycles. The summed E-state index contributed by atoms with van der Waals surface area (Å²) in [5.41, 5.74) is 1.20. The van der Waals surface area contributed by atoms with Gasteiger partial charge in [0.25, 0.3) is 0 Å². The van der Waals surface area contributed by atoms with Gasteiger partial charge >= 0.3 is 0 Å². The molecule has 0 atom stereocenters. The highest BCUT2D eigenvalue weighted by Crippen LogP contribution is 2.24. The summed E-state index contributed by atoms with van der Waals surface area (Å²) in [4.78, 5) is 0. The lowest BCUT2D eigenvalue weighted by molar-refractivity contribution is 0.385. The van der Waals surface area contributed by atoms with E-state index in [0.29, 0.717) is 0 Å². The van der Waals surface area contributed by atoms with Crippen LogP contribution in [0, 0.1) is 0 Å². The Morgan fingerprint density at radius 1 is 1.12 bits per heavy atom.